The molecule has 0 radical (unpaired) electrons. The number of para-hydroxylation sites is 1. The van der Waals surface area contributed by atoms with Crippen LogP contribution in [0.3, 0.4) is 0 Å². The second-order valence-electron chi connectivity index (χ2n) is 9.09. The maximum absolute atomic E-state index is 13.1. The van der Waals surface area contributed by atoms with Crippen LogP contribution in [0, 0.1) is 5.92 Å². The predicted molar refractivity (Wildman–Crippen MR) is 140 cm³/mol. The molecule has 184 valence electrons. The summed E-state index contributed by atoms with van der Waals surface area (Å²) in [4.78, 5) is 29.4. The molecule has 1 N–H and O–H groups in total. The Morgan fingerprint density at radius 3 is 2.42 bits per heavy atom. The van der Waals surface area contributed by atoms with Crippen molar-refractivity contribution in [3.05, 3.63) is 99.1 Å². The highest BCUT2D eigenvalue weighted by Crippen LogP contribution is 2.42. The number of hydrogen-bond acceptors (Lipinski definition) is 5. The van der Waals surface area contributed by atoms with Crippen LogP contribution in [0.1, 0.15) is 36.5 Å². The second-order valence-corrected chi connectivity index (χ2v) is 10.4. The van der Waals surface area contributed by atoms with Gasteiger partial charge in [-0.15, -0.1) is 0 Å². The van der Waals surface area contributed by atoms with Crippen molar-refractivity contribution < 1.29 is 23.8 Å². The van der Waals surface area contributed by atoms with Gasteiger partial charge in [0, 0.05) is 41.3 Å². The molecule has 0 bridgehead atoms. The largest absolute Gasteiger partial charge is 0.487 e. The molecule has 0 saturated carbocycles. The van der Waals surface area contributed by atoms with E-state index in [-0.39, 0.29) is 0 Å². The molecule has 5 rings (SSSR count). The van der Waals surface area contributed by atoms with E-state index in [1.165, 1.54) is 13.8 Å². The van der Waals surface area contributed by atoms with E-state index >= 15 is 0 Å². The SMILES string of the molecule is CC1(C)OC(=O)C([C@H](c2ccc(OCc3ccc(Br)cc3)c(Cl)c2)c2c[nH]c3ccccc23)C(=O)O1. The average molecular weight is 569 g/mol. The fourth-order valence-electron chi connectivity index (χ4n) is 4.47. The third kappa shape index (κ3) is 4.86. The molecule has 1 aliphatic heterocycles. The van der Waals surface area contributed by atoms with Crippen LogP contribution in [0.5, 0.6) is 5.75 Å². The molecular weight excluding hydrogens is 546 g/mol. The number of benzene rings is 3. The van der Waals surface area contributed by atoms with Crippen molar-refractivity contribution in [2.45, 2.75) is 32.2 Å². The van der Waals surface area contributed by atoms with Crippen LogP contribution in [0.2, 0.25) is 5.02 Å². The van der Waals surface area contributed by atoms with Crippen molar-refractivity contribution in [2.24, 2.45) is 5.92 Å². The number of cyclic esters (lactones) is 2. The lowest BCUT2D eigenvalue weighted by Gasteiger charge is -2.36. The Labute approximate surface area is 221 Å². The van der Waals surface area contributed by atoms with Crippen LogP contribution in [0.25, 0.3) is 10.9 Å². The summed E-state index contributed by atoms with van der Waals surface area (Å²) in [5, 5.41) is 1.26. The molecule has 2 heterocycles. The zero-order valence-corrected chi connectivity index (χ0v) is 21.9. The van der Waals surface area contributed by atoms with Gasteiger partial charge in [-0.3, -0.25) is 9.59 Å². The zero-order valence-electron chi connectivity index (χ0n) is 19.6. The normalized spacial score (nSPS) is 16.4. The lowest BCUT2D eigenvalue weighted by Crippen LogP contribution is -2.48. The number of fused-ring (bicyclic) bond motifs is 1. The predicted octanol–water partition coefficient (Wildman–Crippen LogP) is 6.75. The van der Waals surface area contributed by atoms with E-state index < -0.39 is 29.6 Å². The molecule has 0 amide bonds. The fraction of sp³-hybridized carbons (Fsp3) is 0.214. The van der Waals surface area contributed by atoms with Gasteiger partial charge < -0.3 is 19.2 Å². The second kappa shape index (κ2) is 9.64. The number of aromatic amines is 1. The van der Waals surface area contributed by atoms with Crippen molar-refractivity contribution in [1.29, 1.82) is 0 Å². The minimum Gasteiger partial charge on any atom is -0.487 e. The maximum Gasteiger partial charge on any atom is 0.324 e. The van der Waals surface area contributed by atoms with Crippen LogP contribution >= 0.6 is 27.5 Å². The van der Waals surface area contributed by atoms with E-state index in [1.54, 1.807) is 12.1 Å². The molecule has 1 aliphatic rings. The molecule has 1 saturated heterocycles. The fourth-order valence-corrected chi connectivity index (χ4v) is 4.98. The minimum atomic E-state index is -1.32. The molecule has 6 nitrogen and oxygen atoms in total. The highest BCUT2D eigenvalue weighted by Gasteiger charge is 2.48. The van der Waals surface area contributed by atoms with Gasteiger partial charge in [-0.05, 0) is 47.0 Å². The Balaban J connectivity index is 1.52. The molecule has 0 unspecified atom stereocenters. The van der Waals surface area contributed by atoms with E-state index in [2.05, 4.69) is 20.9 Å². The topological polar surface area (TPSA) is 77.6 Å². The first-order chi connectivity index (χ1) is 17.2. The third-order valence-electron chi connectivity index (χ3n) is 6.11. The standard InChI is InChI=1S/C28H23BrClNO5/c1-28(2)35-26(32)25(27(33)36-28)24(20-14-31-22-6-4-3-5-19(20)22)17-9-12-23(21(30)13-17)34-15-16-7-10-18(29)11-8-16/h3-14,24-25,31H,15H2,1-2H3/t24-/m1/s1. The molecule has 0 spiro atoms. The molecule has 1 aromatic heterocycles. The number of hydrogen-bond donors (Lipinski definition) is 1. The van der Waals surface area contributed by atoms with Crippen LogP contribution < -0.4 is 4.74 Å². The van der Waals surface area contributed by atoms with E-state index in [9.17, 15) is 9.59 Å². The molecule has 0 aliphatic carbocycles. The summed E-state index contributed by atoms with van der Waals surface area (Å²) in [6, 6.07) is 20.8. The van der Waals surface area contributed by atoms with Gasteiger partial charge in [-0.1, -0.05) is 63.9 Å². The Bertz CT molecular complexity index is 1430. The summed E-state index contributed by atoms with van der Waals surface area (Å²) in [6.45, 7) is 3.41. The molecular formula is C28H23BrClNO5. The van der Waals surface area contributed by atoms with Crippen molar-refractivity contribution in [3.8, 4) is 5.75 Å². The van der Waals surface area contributed by atoms with Crippen LogP contribution in [0.4, 0.5) is 0 Å². The number of nitrogens with one attached hydrogen (secondary N) is 1. The Morgan fingerprint density at radius 1 is 1.03 bits per heavy atom. The summed E-state index contributed by atoms with van der Waals surface area (Å²) in [7, 11) is 0. The molecule has 1 fully saturated rings. The minimum absolute atomic E-state index is 0.342. The third-order valence-corrected chi connectivity index (χ3v) is 6.94. The monoisotopic (exact) mass is 567 g/mol. The maximum atomic E-state index is 13.1. The Morgan fingerprint density at radius 2 is 1.72 bits per heavy atom. The molecule has 4 aromatic rings. The number of halogens is 2. The summed E-state index contributed by atoms with van der Waals surface area (Å²) < 4.78 is 17.9. The number of ether oxygens (including phenoxy) is 3. The summed E-state index contributed by atoms with van der Waals surface area (Å²) in [6.07, 6.45) is 1.81. The van der Waals surface area contributed by atoms with Crippen molar-refractivity contribution in [1.82, 2.24) is 4.98 Å². The van der Waals surface area contributed by atoms with Gasteiger partial charge in [-0.2, -0.15) is 0 Å². The smallest absolute Gasteiger partial charge is 0.324 e. The number of carbonyl (C=O) groups excluding carboxylic acids is 2. The molecule has 1 atom stereocenters. The number of rotatable bonds is 6. The van der Waals surface area contributed by atoms with Crippen molar-refractivity contribution in [2.75, 3.05) is 0 Å². The van der Waals surface area contributed by atoms with Crippen LogP contribution in [0.15, 0.2) is 77.4 Å². The van der Waals surface area contributed by atoms with Crippen molar-refractivity contribution in [3.63, 3.8) is 0 Å². The van der Waals surface area contributed by atoms with Gasteiger partial charge in [0.15, 0.2) is 5.92 Å². The average Bonchev–Trinajstić information content (AvgIpc) is 3.25. The summed E-state index contributed by atoms with van der Waals surface area (Å²) in [5.41, 5.74) is 3.31. The molecule has 3 aromatic carbocycles. The van der Waals surface area contributed by atoms with Crippen molar-refractivity contribution >= 4 is 50.4 Å². The zero-order chi connectivity index (χ0) is 25.4. The van der Waals surface area contributed by atoms with E-state index in [0.29, 0.717) is 22.9 Å². The van der Waals surface area contributed by atoms with Gasteiger partial charge >= 0.3 is 11.9 Å². The van der Waals surface area contributed by atoms with Gasteiger partial charge in [-0.25, -0.2) is 0 Å². The van der Waals surface area contributed by atoms with Gasteiger partial charge in [0.1, 0.15) is 12.4 Å². The number of aromatic nitrogens is 1. The van der Waals surface area contributed by atoms with Crippen LogP contribution in [-0.4, -0.2) is 22.7 Å². The lowest BCUT2D eigenvalue weighted by atomic mass is 9.80. The first kappa shape index (κ1) is 24.4. The number of carbonyl (C=O) groups is 2. The van der Waals surface area contributed by atoms with E-state index in [1.807, 2.05) is 60.8 Å². The first-order valence-electron chi connectivity index (χ1n) is 11.4. The Hall–Kier alpha value is -3.29. The lowest BCUT2D eigenvalue weighted by molar-refractivity contribution is -0.240. The highest BCUT2D eigenvalue weighted by atomic mass is 79.9. The van der Waals surface area contributed by atoms with Crippen LogP contribution in [-0.2, 0) is 25.7 Å². The van der Waals surface area contributed by atoms with E-state index in [4.69, 9.17) is 25.8 Å². The summed E-state index contributed by atoms with van der Waals surface area (Å²) >= 11 is 10.1. The van der Waals surface area contributed by atoms with E-state index in [0.717, 1.165) is 26.5 Å². The Kier molecular flexibility index (Phi) is 6.53. The molecule has 36 heavy (non-hydrogen) atoms. The first-order valence-corrected chi connectivity index (χ1v) is 12.6. The highest BCUT2D eigenvalue weighted by molar-refractivity contribution is 9.10. The number of esters is 2. The molecule has 8 heteroatoms. The summed E-state index contributed by atoms with van der Waals surface area (Å²) in [5.74, 6) is -3.98. The van der Waals surface area contributed by atoms with Gasteiger partial charge in [0.2, 0.25) is 0 Å². The quantitative estimate of drug-likeness (QED) is 0.206. The number of H-pyrrole nitrogens is 1. The van der Waals surface area contributed by atoms with Gasteiger partial charge in [0.25, 0.3) is 5.79 Å². The van der Waals surface area contributed by atoms with Gasteiger partial charge in [0.05, 0.1) is 5.02 Å².